The molecule has 0 spiro atoms. The van der Waals surface area contributed by atoms with E-state index in [0.717, 1.165) is 52.5 Å². The highest BCUT2D eigenvalue weighted by molar-refractivity contribution is 6.39. The van der Waals surface area contributed by atoms with Crippen molar-refractivity contribution in [1.29, 1.82) is 0 Å². The van der Waals surface area contributed by atoms with Crippen molar-refractivity contribution in [3.05, 3.63) is 57.6 Å². The number of aliphatic carboxylic acids is 1. The van der Waals surface area contributed by atoms with Gasteiger partial charge in [-0.1, -0.05) is 35.3 Å². The van der Waals surface area contributed by atoms with Crippen molar-refractivity contribution >= 4 is 40.1 Å². The van der Waals surface area contributed by atoms with Crippen LogP contribution in [0.2, 0.25) is 10.0 Å². The van der Waals surface area contributed by atoms with Gasteiger partial charge >= 0.3 is 5.97 Å². The summed E-state index contributed by atoms with van der Waals surface area (Å²) in [5, 5.41) is 11.2. The molecule has 0 bridgehead atoms. The second-order valence-electron chi connectivity index (χ2n) is 6.27. The molecule has 26 heavy (non-hydrogen) atoms. The minimum absolute atomic E-state index is 0.00839. The number of nitrogens with two attached hydrogens (primary N) is 1. The highest BCUT2D eigenvalue weighted by Crippen LogP contribution is 2.39. The van der Waals surface area contributed by atoms with Crippen molar-refractivity contribution in [2.45, 2.75) is 25.7 Å². The number of halogens is 2. The smallest absolute Gasteiger partial charge is 0.307 e. The number of carboxylic acids is 1. The van der Waals surface area contributed by atoms with Crippen LogP contribution in [-0.2, 0) is 17.6 Å². The third-order valence-corrected chi connectivity index (χ3v) is 5.05. The van der Waals surface area contributed by atoms with Gasteiger partial charge in [-0.15, -0.1) is 0 Å². The molecule has 0 radical (unpaired) electrons. The van der Waals surface area contributed by atoms with Crippen LogP contribution in [0, 0.1) is 0 Å². The Morgan fingerprint density at radius 3 is 2.50 bits per heavy atom. The molecule has 6 heteroatoms. The summed E-state index contributed by atoms with van der Waals surface area (Å²) in [4.78, 5) is 14.5. The molecule has 4 N–H and O–H groups in total. The van der Waals surface area contributed by atoms with E-state index in [9.17, 15) is 4.79 Å². The number of aromatic nitrogens is 1. The first kappa shape index (κ1) is 18.8. The van der Waals surface area contributed by atoms with Gasteiger partial charge in [-0.2, -0.15) is 0 Å². The molecular formula is C20H20Cl2N2O2. The number of H-pyrrole nitrogens is 1. The fraction of sp³-hybridized carbons (Fsp3) is 0.250. The van der Waals surface area contributed by atoms with Crippen molar-refractivity contribution in [3.63, 3.8) is 0 Å². The third-order valence-electron chi connectivity index (χ3n) is 4.42. The summed E-state index contributed by atoms with van der Waals surface area (Å²) < 4.78 is 0. The van der Waals surface area contributed by atoms with E-state index in [4.69, 9.17) is 34.0 Å². The Bertz CT molecular complexity index is 930. The van der Waals surface area contributed by atoms with Crippen LogP contribution in [0.4, 0.5) is 0 Å². The van der Waals surface area contributed by atoms with Gasteiger partial charge in [0.05, 0.1) is 22.2 Å². The zero-order valence-corrected chi connectivity index (χ0v) is 15.7. The molecule has 4 nitrogen and oxygen atoms in total. The standard InChI is InChI=1S/C20H20Cl2N2O2/c21-15-5-3-6-16(22)19(15)20-13(4-1-2-9-23)14-10-12(11-18(25)26)7-8-17(14)24-20/h3,5-8,10,24H,1-2,4,9,11,23H2,(H,25,26). The summed E-state index contributed by atoms with van der Waals surface area (Å²) in [6.45, 7) is 0.634. The maximum absolute atomic E-state index is 11.1. The molecule has 0 amide bonds. The Morgan fingerprint density at radius 2 is 1.85 bits per heavy atom. The summed E-state index contributed by atoms with van der Waals surface area (Å²) in [5.41, 5.74) is 10.1. The average molecular weight is 391 g/mol. The van der Waals surface area contributed by atoms with E-state index < -0.39 is 5.97 Å². The third kappa shape index (κ3) is 3.88. The van der Waals surface area contributed by atoms with Crippen molar-refractivity contribution in [3.8, 4) is 11.3 Å². The molecule has 136 valence electrons. The van der Waals surface area contributed by atoms with Gasteiger partial charge in [0, 0.05) is 16.5 Å². The predicted octanol–water partition coefficient (Wildman–Crippen LogP) is 5.05. The normalized spacial score (nSPS) is 11.2. The maximum Gasteiger partial charge on any atom is 0.307 e. The molecule has 1 heterocycles. The van der Waals surface area contributed by atoms with Crippen LogP contribution in [0.3, 0.4) is 0 Å². The number of carboxylic acid groups (broad SMARTS) is 1. The molecular weight excluding hydrogens is 371 g/mol. The number of unbranched alkanes of at least 4 members (excludes halogenated alkanes) is 1. The largest absolute Gasteiger partial charge is 0.481 e. The highest BCUT2D eigenvalue weighted by Gasteiger charge is 2.18. The van der Waals surface area contributed by atoms with Crippen molar-refractivity contribution in [1.82, 2.24) is 4.98 Å². The van der Waals surface area contributed by atoms with Gasteiger partial charge < -0.3 is 15.8 Å². The lowest BCUT2D eigenvalue weighted by atomic mass is 9.98. The number of aromatic amines is 1. The first-order valence-corrected chi connectivity index (χ1v) is 9.26. The quantitative estimate of drug-likeness (QED) is 0.493. The van der Waals surface area contributed by atoms with Crippen molar-refractivity contribution < 1.29 is 9.90 Å². The van der Waals surface area contributed by atoms with Crippen LogP contribution in [0.1, 0.15) is 24.0 Å². The van der Waals surface area contributed by atoms with E-state index in [1.807, 2.05) is 36.4 Å². The zero-order valence-electron chi connectivity index (χ0n) is 14.2. The van der Waals surface area contributed by atoms with Gasteiger partial charge in [-0.3, -0.25) is 4.79 Å². The lowest BCUT2D eigenvalue weighted by Crippen LogP contribution is -2.00. The molecule has 3 aromatic rings. The van der Waals surface area contributed by atoms with Crippen LogP contribution in [0.25, 0.3) is 22.2 Å². The first-order valence-electron chi connectivity index (χ1n) is 8.51. The predicted molar refractivity (Wildman–Crippen MR) is 107 cm³/mol. The fourth-order valence-corrected chi connectivity index (χ4v) is 3.82. The van der Waals surface area contributed by atoms with E-state index in [2.05, 4.69) is 4.98 Å². The number of fused-ring (bicyclic) bond motifs is 1. The number of rotatable bonds is 7. The van der Waals surface area contributed by atoms with E-state index in [0.29, 0.717) is 16.6 Å². The van der Waals surface area contributed by atoms with E-state index in [1.54, 1.807) is 0 Å². The van der Waals surface area contributed by atoms with Crippen LogP contribution in [0.5, 0.6) is 0 Å². The van der Waals surface area contributed by atoms with E-state index >= 15 is 0 Å². The lowest BCUT2D eigenvalue weighted by molar-refractivity contribution is -0.136. The van der Waals surface area contributed by atoms with Crippen LogP contribution < -0.4 is 5.73 Å². The number of hydrogen-bond acceptors (Lipinski definition) is 2. The Balaban J connectivity index is 2.17. The van der Waals surface area contributed by atoms with Gasteiger partial charge in [0.2, 0.25) is 0 Å². The highest BCUT2D eigenvalue weighted by atomic mass is 35.5. The monoisotopic (exact) mass is 390 g/mol. The summed E-state index contributed by atoms with van der Waals surface area (Å²) in [6, 6.07) is 11.1. The Kier molecular flexibility index (Phi) is 5.87. The second-order valence-corrected chi connectivity index (χ2v) is 7.09. The molecule has 0 atom stereocenters. The van der Waals surface area contributed by atoms with E-state index in [1.165, 1.54) is 0 Å². The number of hydrogen-bond donors (Lipinski definition) is 3. The maximum atomic E-state index is 11.1. The lowest BCUT2D eigenvalue weighted by Gasteiger charge is -2.09. The van der Waals surface area contributed by atoms with Gasteiger partial charge in [0.1, 0.15) is 0 Å². The number of benzene rings is 2. The zero-order chi connectivity index (χ0) is 18.7. The number of aryl methyl sites for hydroxylation is 1. The van der Waals surface area contributed by atoms with E-state index in [-0.39, 0.29) is 6.42 Å². The minimum Gasteiger partial charge on any atom is -0.481 e. The Hall–Kier alpha value is -2.01. The molecule has 0 fully saturated rings. The molecule has 0 aliphatic rings. The fourth-order valence-electron chi connectivity index (χ4n) is 3.24. The van der Waals surface area contributed by atoms with Crippen LogP contribution in [-0.4, -0.2) is 22.6 Å². The minimum atomic E-state index is -0.848. The molecule has 0 saturated heterocycles. The van der Waals surface area contributed by atoms with Crippen molar-refractivity contribution in [2.24, 2.45) is 5.73 Å². The number of nitrogens with one attached hydrogen (secondary N) is 1. The average Bonchev–Trinajstić information content (AvgIpc) is 2.92. The molecule has 0 unspecified atom stereocenters. The molecule has 0 aliphatic heterocycles. The summed E-state index contributed by atoms with van der Waals surface area (Å²) in [7, 11) is 0. The molecule has 1 aromatic heterocycles. The van der Waals surface area contributed by atoms with Gasteiger partial charge in [-0.05, 0) is 61.2 Å². The first-order chi connectivity index (χ1) is 12.5. The Morgan fingerprint density at radius 1 is 1.12 bits per heavy atom. The summed E-state index contributed by atoms with van der Waals surface area (Å²) >= 11 is 12.8. The van der Waals surface area contributed by atoms with Crippen LogP contribution in [0.15, 0.2) is 36.4 Å². The topological polar surface area (TPSA) is 79.1 Å². The van der Waals surface area contributed by atoms with Gasteiger partial charge in [0.15, 0.2) is 0 Å². The van der Waals surface area contributed by atoms with Gasteiger partial charge in [0.25, 0.3) is 0 Å². The molecule has 0 aliphatic carbocycles. The van der Waals surface area contributed by atoms with Crippen LogP contribution >= 0.6 is 23.2 Å². The number of carbonyl (C=O) groups is 1. The van der Waals surface area contributed by atoms with Crippen molar-refractivity contribution in [2.75, 3.05) is 6.54 Å². The summed E-state index contributed by atoms with van der Waals surface area (Å²) in [5.74, 6) is -0.848. The molecule has 0 saturated carbocycles. The molecule has 2 aromatic carbocycles. The van der Waals surface area contributed by atoms with Gasteiger partial charge in [-0.25, -0.2) is 0 Å². The Labute approximate surface area is 161 Å². The second kappa shape index (κ2) is 8.12. The SMILES string of the molecule is NCCCCc1c(-c2c(Cl)cccc2Cl)[nH]c2ccc(CC(=O)O)cc12. The molecule has 3 rings (SSSR count). The summed E-state index contributed by atoms with van der Waals surface area (Å²) in [6.07, 6.45) is 2.65.